The molecule has 8 heteroatoms. The predicted octanol–water partition coefficient (Wildman–Crippen LogP) is 3.59. The number of carbonyl (C=O) groups excluding carboxylic acids is 1. The lowest BCUT2D eigenvalue weighted by Crippen LogP contribution is -2.44. The first-order chi connectivity index (χ1) is 13.5. The molecule has 0 fully saturated rings. The van der Waals surface area contributed by atoms with Crippen molar-refractivity contribution >= 4 is 23.2 Å². The van der Waals surface area contributed by atoms with Gasteiger partial charge < -0.3 is 14.7 Å². The van der Waals surface area contributed by atoms with E-state index in [9.17, 15) is 4.79 Å². The van der Waals surface area contributed by atoms with Gasteiger partial charge in [0.15, 0.2) is 0 Å². The monoisotopic (exact) mass is 396 g/mol. The van der Waals surface area contributed by atoms with Gasteiger partial charge in [0.1, 0.15) is 0 Å². The Morgan fingerprint density at radius 1 is 1.18 bits per heavy atom. The van der Waals surface area contributed by atoms with E-state index in [-0.39, 0.29) is 18.3 Å². The van der Waals surface area contributed by atoms with Crippen molar-refractivity contribution in [3.05, 3.63) is 71.1 Å². The molecular formula is C20H17ClN4O3. The lowest BCUT2D eigenvalue weighted by molar-refractivity contribution is -0.142. The van der Waals surface area contributed by atoms with Crippen LogP contribution in [0, 0.1) is 0 Å². The third-order valence-electron chi connectivity index (χ3n) is 4.43. The lowest BCUT2D eigenvalue weighted by atomic mass is 9.95. The van der Waals surface area contributed by atoms with E-state index < -0.39 is 5.60 Å². The molecule has 3 aromatic rings. The number of oxime groups is 1. The quantitative estimate of drug-likeness (QED) is 0.711. The van der Waals surface area contributed by atoms with Gasteiger partial charge in [0.05, 0.1) is 17.3 Å². The first kappa shape index (κ1) is 18.2. The minimum atomic E-state index is -1.09. The van der Waals surface area contributed by atoms with Gasteiger partial charge >= 0.3 is 0 Å². The maximum Gasteiger partial charge on any atom is 0.267 e. The number of nitrogens with zero attached hydrogens (tertiary/aromatic N) is 3. The molecule has 7 nitrogen and oxygen atoms in total. The third kappa shape index (κ3) is 3.61. The molecule has 4 rings (SSSR count). The fraction of sp³-hybridized carbons (Fsp3) is 0.200. The van der Waals surface area contributed by atoms with Crippen molar-refractivity contribution in [3.8, 4) is 11.4 Å². The van der Waals surface area contributed by atoms with E-state index in [2.05, 4.69) is 20.6 Å². The fourth-order valence-electron chi connectivity index (χ4n) is 2.87. The van der Waals surface area contributed by atoms with Gasteiger partial charge in [0.2, 0.25) is 17.3 Å². The Morgan fingerprint density at radius 3 is 2.71 bits per heavy atom. The molecule has 1 atom stereocenters. The largest absolute Gasteiger partial charge is 0.379 e. The number of halogens is 1. The highest BCUT2D eigenvalue weighted by molar-refractivity contribution is 6.33. The molecule has 1 aromatic heterocycles. The normalized spacial score (nSPS) is 18.4. The summed E-state index contributed by atoms with van der Waals surface area (Å²) in [6, 6.07) is 16.8. The zero-order chi connectivity index (χ0) is 19.6. The highest BCUT2D eigenvalue weighted by Gasteiger charge is 2.42. The predicted molar refractivity (Wildman–Crippen MR) is 104 cm³/mol. The summed E-state index contributed by atoms with van der Waals surface area (Å²) in [5.41, 5.74) is 1.24. The van der Waals surface area contributed by atoms with Gasteiger partial charge in [-0.2, -0.15) is 4.98 Å². The number of amides is 1. The molecule has 142 valence electrons. The van der Waals surface area contributed by atoms with E-state index in [0.717, 1.165) is 11.3 Å². The summed E-state index contributed by atoms with van der Waals surface area (Å²) in [5, 5.41) is 11.3. The van der Waals surface area contributed by atoms with Crippen molar-refractivity contribution in [2.75, 3.05) is 0 Å². The zero-order valence-corrected chi connectivity index (χ0v) is 15.8. The maximum absolute atomic E-state index is 12.6. The molecule has 0 bridgehead atoms. The molecule has 0 aliphatic carbocycles. The van der Waals surface area contributed by atoms with Crippen LogP contribution in [0.3, 0.4) is 0 Å². The second-order valence-electron chi connectivity index (χ2n) is 6.58. The molecule has 2 aromatic carbocycles. The van der Waals surface area contributed by atoms with Crippen molar-refractivity contribution in [2.45, 2.75) is 25.5 Å². The summed E-state index contributed by atoms with van der Waals surface area (Å²) in [5.74, 6) is 0.335. The standard InChI is InChI=1S/C20H17ClN4O3/c1-20(11-16(24-28-20)13-7-3-2-4-8-13)19(26)22-12-17-23-18(25-27-17)14-9-5-6-10-15(14)21/h2-10H,11-12H2,1H3,(H,22,26). The van der Waals surface area contributed by atoms with Crippen LogP contribution in [0.4, 0.5) is 0 Å². The minimum Gasteiger partial charge on any atom is -0.379 e. The van der Waals surface area contributed by atoms with Crippen molar-refractivity contribution < 1.29 is 14.2 Å². The number of benzene rings is 2. The molecule has 1 unspecified atom stereocenters. The van der Waals surface area contributed by atoms with Crippen LogP contribution in [-0.4, -0.2) is 27.4 Å². The van der Waals surface area contributed by atoms with Crippen molar-refractivity contribution in [1.29, 1.82) is 0 Å². The molecule has 0 radical (unpaired) electrons. The summed E-state index contributed by atoms with van der Waals surface area (Å²) in [7, 11) is 0. The van der Waals surface area contributed by atoms with Crippen molar-refractivity contribution in [3.63, 3.8) is 0 Å². The van der Waals surface area contributed by atoms with E-state index in [4.69, 9.17) is 21.0 Å². The first-order valence-electron chi connectivity index (χ1n) is 8.71. The van der Waals surface area contributed by atoms with Crippen molar-refractivity contribution in [2.24, 2.45) is 5.16 Å². The number of hydrogen-bond donors (Lipinski definition) is 1. The van der Waals surface area contributed by atoms with Crippen LogP contribution in [-0.2, 0) is 16.2 Å². The van der Waals surface area contributed by atoms with Crippen LogP contribution in [0.25, 0.3) is 11.4 Å². The first-order valence-corrected chi connectivity index (χ1v) is 9.09. The Morgan fingerprint density at radius 2 is 1.93 bits per heavy atom. The topological polar surface area (TPSA) is 89.6 Å². The van der Waals surface area contributed by atoms with Crippen LogP contribution < -0.4 is 5.32 Å². The summed E-state index contributed by atoms with van der Waals surface area (Å²) in [4.78, 5) is 22.3. The third-order valence-corrected chi connectivity index (χ3v) is 4.76. The highest BCUT2D eigenvalue weighted by Crippen LogP contribution is 2.27. The van der Waals surface area contributed by atoms with Gasteiger partial charge in [-0.3, -0.25) is 4.79 Å². The van der Waals surface area contributed by atoms with Crippen LogP contribution in [0.5, 0.6) is 0 Å². The zero-order valence-electron chi connectivity index (χ0n) is 15.1. The van der Waals surface area contributed by atoms with E-state index in [0.29, 0.717) is 22.8 Å². The van der Waals surface area contributed by atoms with Crippen LogP contribution in [0.1, 0.15) is 24.8 Å². The number of carbonyl (C=O) groups is 1. The van der Waals surface area contributed by atoms with Gasteiger partial charge in [0, 0.05) is 12.0 Å². The Bertz CT molecular complexity index is 1030. The van der Waals surface area contributed by atoms with Gasteiger partial charge in [0.25, 0.3) is 5.91 Å². The minimum absolute atomic E-state index is 0.0793. The summed E-state index contributed by atoms with van der Waals surface area (Å²) < 4.78 is 5.21. The summed E-state index contributed by atoms with van der Waals surface area (Å²) >= 11 is 6.14. The van der Waals surface area contributed by atoms with Gasteiger partial charge in [-0.1, -0.05) is 64.4 Å². The molecule has 0 saturated heterocycles. The Kier molecular flexibility index (Phi) is 4.83. The summed E-state index contributed by atoms with van der Waals surface area (Å²) in [6.07, 6.45) is 0.373. The highest BCUT2D eigenvalue weighted by atomic mass is 35.5. The Hall–Kier alpha value is -3.19. The van der Waals surface area contributed by atoms with E-state index in [1.165, 1.54) is 0 Å². The van der Waals surface area contributed by atoms with Crippen LogP contribution in [0.15, 0.2) is 64.3 Å². The molecule has 0 saturated carbocycles. The van der Waals surface area contributed by atoms with Crippen LogP contribution in [0.2, 0.25) is 5.02 Å². The van der Waals surface area contributed by atoms with Crippen LogP contribution >= 0.6 is 11.6 Å². The van der Waals surface area contributed by atoms with E-state index in [1.807, 2.05) is 42.5 Å². The van der Waals surface area contributed by atoms with Gasteiger partial charge in [-0.25, -0.2) is 0 Å². The number of nitrogens with one attached hydrogen (secondary N) is 1. The molecule has 1 N–H and O–H groups in total. The fourth-order valence-corrected chi connectivity index (χ4v) is 3.09. The average molecular weight is 397 g/mol. The molecular weight excluding hydrogens is 380 g/mol. The van der Waals surface area contributed by atoms with Gasteiger partial charge in [-0.15, -0.1) is 0 Å². The van der Waals surface area contributed by atoms with Crippen molar-refractivity contribution in [1.82, 2.24) is 15.5 Å². The number of aromatic nitrogens is 2. The molecule has 1 aliphatic rings. The van der Waals surface area contributed by atoms with E-state index in [1.54, 1.807) is 19.1 Å². The SMILES string of the molecule is CC1(C(=O)NCc2nc(-c3ccccc3Cl)no2)CC(c2ccccc2)=NO1. The Labute approximate surface area is 166 Å². The van der Waals surface area contributed by atoms with Gasteiger partial charge in [-0.05, 0) is 24.6 Å². The number of rotatable bonds is 5. The molecule has 2 heterocycles. The average Bonchev–Trinajstić information content (AvgIpc) is 3.35. The second-order valence-corrected chi connectivity index (χ2v) is 6.98. The molecule has 28 heavy (non-hydrogen) atoms. The summed E-state index contributed by atoms with van der Waals surface area (Å²) in [6.45, 7) is 1.78. The molecule has 0 spiro atoms. The Balaban J connectivity index is 1.38. The molecule has 1 aliphatic heterocycles. The number of hydrogen-bond acceptors (Lipinski definition) is 6. The maximum atomic E-state index is 12.6. The second kappa shape index (κ2) is 7.44. The smallest absolute Gasteiger partial charge is 0.267 e. The molecule has 1 amide bonds. The lowest BCUT2D eigenvalue weighted by Gasteiger charge is -2.19. The van der Waals surface area contributed by atoms with E-state index >= 15 is 0 Å².